The monoisotopic (exact) mass is 488 g/mol. The van der Waals surface area contributed by atoms with E-state index in [0.29, 0.717) is 41.1 Å². The summed E-state index contributed by atoms with van der Waals surface area (Å²) in [7, 11) is 0.641. The molecule has 1 amide bonds. The van der Waals surface area contributed by atoms with E-state index in [1.807, 2.05) is 56.6 Å². The van der Waals surface area contributed by atoms with Crippen LogP contribution in [0, 0.1) is 0 Å². The van der Waals surface area contributed by atoms with Crippen LogP contribution < -0.4 is 15.4 Å². The molecule has 1 aliphatic carbocycles. The number of hydrogen-bond donors (Lipinski definition) is 3. The number of hydrogen-bond acceptors (Lipinski definition) is 5. The summed E-state index contributed by atoms with van der Waals surface area (Å²) in [5.41, 5.74) is 5.77. The molecule has 3 aromatic rings. The molecule has 5 rings (SSSR count). The van der Waals surface area contributed by atoms with Crippen molar-refractivity contribution in [2.24, 2.45) is 0 Å². The molecule has 0 radical (unpaired) electrons. The third-order valence-corrected chi connectivity index (χ3v) is 7.89. The van der Waals surface area contributed by atoms with Gasteiger partial charge in [0, 0.05) is 29.2 Å². The zero-order valence-electron chi connectivity index (χ0n) is 19.7. The summed E-state index contributed by atoms with van der Waals surface area (Å²) in [4.78, 5) is 15.3. The summed E-state index contributed by atoms with van der Waals surface area (Å²) >= 11 is 0. The maximum atomic E-state index is 13.2. The van der Waals surface area contributed by atoms with Crippen molar-refractivity contribution in [2.75, 3.05) is 29.5 Å². The fourth-order valence-electron chi connectivity index (χ4n) is 4.19. The average molecular weight is 489 g/mol. The van der Waals surface area contributed by atoms with Crippen molar-refractivity contribution >= 4 is 44.3 Å². The van der Waals surface area contributed by atoms with Crippen molar-refractivity contribution in [2.45, 2.75) is 24.6 Å². The number of amides is 1. The minimum Gasteiger partial charge on any atom is -0.354 e. The fraction of sp³-hybridized carbons (Fsp3) is 0.222. The lowest BCUT2D eigenvalue weighted by atomic mass is 9.99. The van der Waals surface area contributed by atoms with Gasteiger partial charge in [0.2, 0.25) is 10.0 Å². The van der Waals surface area contributed by atoms with Gasteiger partial charge < -0.3 is 15.5 Å². The van der Waals surface area contributed by atoms with E-state index in [1.165, 1.54) is 5.56 Å². The van der Waals surface area contributed by atoms with Crippen molar-refractivity contribution in [1.82, 2.24) is 4.90 Å². The Labute approximate surface area is 205 Å². The van der Waals surface area contributed by atoms with Crippen LogP contribution in [0.5, 0.6) is 0 Å². The first-order valence-electron chi connectivity index (χ1n) is 11.6. The minimum absolute atomic E-state index is 0.238. The van der Waals surface area contributed by atoms with Gasteiger partial charge in [-0.15, -0.1) is 0 Å². The third-order valence-electron chi connectivity index (χ3n) is 6.02. The van der Waals surface area contributed by atoms with E-state index >= 15 is 0 Å². The Kier molecular flexibility index (Phi) is 6.08. The molecule has 35 heavy (non-hydrogen) atoms. The topological polar surface area (TPSA) is 90.5 Å². The van der Waals surface area contributed by atoms with Crippen LogP contribution in [0.15, 0.2) is 72.8 Å². The van der Waals surface area contributed by atoms with Gasteiger partial charge in [-0.25, -0.2) is 8.42 Å². The molecule has 1 heterocycles. The minimum atomic E-state index is -3.41. The predicted molar refractivity (Wildman–Crippen MR) is 141 cm³/mol. The average Bonchev–Trinajstić information content (AvgIpc) is 3.63. The lowest BCUT2D eigenvalue weighted by Crippen LogP contribution is -2.17. The summed E-state index contributed by atoms with van der Waals surface area (Å²) in [6.45, 7) is 0.836. The molecule has 1 fully saturated rings. The molecule has 3 aromatic carbocycles. The van der Waals surface area contributed by atoms with Crippen LogP contribution in [0.2, 0.25) is 0 Å². The second kappa shape index (κ2) is 9.20. The standard InChI is InChI=1S/C27H28N4O3S/c1-31(2)17-18-8-10-20(11-9-18)28-26(19-6-4-3-5-7-19)25-23-16-21(12-15-24(23)29-27(25)32)30-35(33,34)22-13-14-22/h3-12,15-16,22,28,30H,13-14,17H2,1-2H3,(H,29,32). The summed E-state index contributed by atoms with van der Waals surface area (Å²) in [6.07, 6.45) is 1.36. The Hall–Kier alpha value is -3.62. The van der Waals surface area contributed by atoms with Crippen LogP contribution >= 0.6 is 0 Å². The Balaban J connectivity index is 1.56. The van der Waals surface area contributed by atoms with Crippen LogP contribution in [-0.4, -0.2) is 38.6 Å². The van der Waals surface area contributed by atoms with Gasteiger partial charge in [-0.3, -0.25) is 9.52 Å². The second-order valence-electron chi connectivity index (χ2n) is 9.24. The van der Waals surface area contributed by atoms with Gasteiger partial charge in [-0.2, -0.15) is 0 Å². The quantitative estimate of drug-likeness (QED) is 0.404. The highest BCUT2D eigenvalue weighted by Crippen LogP contribution is 2.39. The van der Waals surface area contributed by atoms with Gasteiger partial charge in [0.1, 0.15) is 0 Å². The number of anilines is 3. The normalized spacial score (nSPS) is 16.6. The number of benzene rings is 3. The molecule has 0 saturated heterocycles. The number of carbonyl (C=O) groups excluding carboxylic acids is 1. The first-order valence-corrected chi connectivity index (χ1v) is 13.1. The molecule has 0 bridgehead atoms. The van der Waals surface area contributed by atoms with Crippen LogP contribution in [0.3, 0.4) is 0 Å². The van der Waals surface area contributed by atoms with Crippen molar-refractivity contribution in [3.8, 4) is 0 Å². The van der Waals surface area contributed by atoms with Crippen molar-refractivity contribution in [1.29, 1.82) is 0 Å². The summed E-state index contributed by atoms with van der Waals surface area (Å²) in [5, 5.41) is 6.04. The SMILES string of the molecule is CN(C)Cc1ccc(NC(=C2C(=O)Nc3ccc(NS(=O)(=O)C4CC4)cc32)c2ccccc2)cc1. The molecule has 0 spiro atoms. The number of nitrogens with zero attached hydrogens (tertiary/aromatic N) is 1. The van der Waals surface area contributed by atoms with Gasteiger partial charge in [-0.1, -0.05) is 42.5 Å². The molecule has 180 valence electrons. The van der Waals surface area contributed by atoms with Gasteiger partial charge in [0.25, 0.3) is 5.91 Å². The summed E-state index contributed by atoms with van der Waals surface area (Å²) in [6, 6.07) is 22.9. The summed E-state index contributed by atoms with van der Waals surface area (Å²) in [5.74, 6) is -0.238. The first-order chi connectivity index (χ1) is 16.8. The molecular weight excluding hydrogens is 460 g/mol. The number of sulfonamides is 1. The number of rotatable bonds is 8. The maximum Gasteiger partial charge on any atom is 0.258 e. The van der Waals surface area contributed by atoms with Crippen molar-refractivity contribution in [3.63, 3.8) is 0 Å². The van der Waals surface area contributed by atoms with Gasteiger partial charge >= 0.3 is 0 Å². The Morgan fingerprint density at radius 3 is 2.31 bits per heavy atom. The van der Waals surface area contributed by atoms with E-state index in [2.05, 4.69) is 32.4 Å². The Morgan fingerprint density at radius 1 is 0.971 bits per heavy atom. The van der Waals surface area contributed by atoms with E-state index in [-0.39, 0.29) is 11.2 Å². The molecule has 7 nitrogen and oxygen atoms in total. The van der Waals surface area contributed by atoms with Crippen LogP contribution in [0.25, 0.3) is 11.3 Å². The largest absolute Gasteiger partial charge is 0.354 e. The summed E-state index contributed by atoms with van der Waals surface area (Å²) < 4.78 is 27.6. The Morgan fingerprint density at radius 2 is 1.66 bits per heavy atom. The fourth-order valence-corrected chi connectivity index (χ4v) is 5.57. The predicted octanol–water partition coefficient (Wildman–Crippen LogP) is 4.58. The van der Waals surface area contributed by atoms with E-state index in [4.69, 9.17) is 0 Å². The maximum absolute atomic E-state index is 13.2. The van der Waals surface area contributed by atoms with Gasteiger partial charge in [0.15, 0.2) is 0 Å². The van der Waals surface area contributed by atoms with Crippen LogP contribution in [-0.2, 0) is 21.4 Å². The van der Waals surface area contributed by atoms with Crippen molar-refractivity contribution in [3.05, 3.63) is 89.5 Å². The van der Waals surface area contributed by atoms with E-state index in [9.17, 15) is 13.2 Å². The molecule has 1 aliphatic heterocycles. The molecule has 3 N–H and O–H groups in total. The molecule has 0 unspecified atom stereocenters. The molecule has 0 atom stereocenters. The number of carbonyl (C=O) groups is 1. The molecular formula is C27H28N4O3S. The molecule has 2 aliphatic rings. The highest BCUT2D eigenvalue weighted by atomic mass is 32.2. The zero-order chi connectivity index (χ0) is 24.6. The van der Waals surface area contributed by atoms with E-state index in [1.54, 1.807) is 18.2 Å². The Bertz CT molecular complexity index is 1390. The second-order valence-corrected chi connectivity index (χ2v) is 11.2. The van der Waals surface area contributed by atoms with Gasteiger partial charge in [0.05, 0.1) is 16.5 Å². The molecule has 8 heteroatoms. The third kappa shape index (κ3) is 5.08. The lowest BCUT2D eigenvalue weighted by Gasteiger charge is -2.16. The highest BCUT2D eigenvalue weighted by molar-refractivity contribution is 7.93. The highest BCUT2D eigenvalue weighted by Gasteiger charge is 2.36. The van der Waals surface area contributed by atoms with E-state index in [0.717, 1.165) is 17.8 Å². The molecule has 1 saturated carbocycles. The van der Waals surface area contributed by atoms with Crippen LogP contribution in [0.4, 0.5) is 17.1 Å². The number of nitrogens with one attached hydrogen (secondary N) is 3. The first kappa shape index (κ1) is 23.1. The lowest BCUT2D eigenvalue weighted by molar-refractivity contribution is -0.110. The smallest absolute Gasteiger partial charge is 0.258 e. The van der Waals surface area contributed by atoms with E-state index < -0.39 is 10.0 Å². The van der Waals surface area contributed by atoms with Crippen molar-refractivity contribution < 1.29 is 13.2 Å². The molecule has 0 aromatic heterocycles. The zero-order valence-corrected chi connectivity index (χ0v) is 20.5. The van der Waals surface area contributed by atoms with Crippen LogP contribution in [0.1, 0.15) is 29.5 Å². The van der Waals surface area contributed by atoms with Gasteiger partial charge in [-0.05, 0) is 68.4 Å². The number of fused-ring (bicyclic) bond motifs is 1.